The summed E-state index contributed by atoms with van der Waals surface area (Å²) in [5.74, 6) is 0.544. The van der Waals surface area contributed by atoms with Gasteiger partial charge in [0.05, 0.1) is 10.6 Å². The van der Waals surface area contributed by atoms with Crippen LogP contribution in [0.5, 0.6) is 0 Å². The predicted molar refractivity (Wildman–Crippen MR) is 127 cm³/mol. The summed E-state index contributed by atoms with van der Waals surface area (Å²) in [6.07, 6.45) is -2.25. The molecule has 3 aromatic rings. The number of piperazine rings is 1. The van der Waals surface area contributed by atoms with Gasteiger partial charge >= 0.3 is 6.18 Å². The maximum Gasteiger partial charge on any atom is 0.419 e. The van der Waals surface area contributed by atoms with E-state index in [2.05, 4.69) is 19.9 Å². The third kappa shape index (κ3) is 5.55. The molecule has 3 heterocycles. The van der Waals surface area contributed by atoms with E-state index >= 15 is 0 Å². The maximum absolute atomic E-state index is 13.7. The van der Waals surface area contributed by atoms with Crippen molar-refractivity contribution in [2.75, 3.05) is 54.5 Å². The lowest BCUT2D eigenvalue weighted by Gasteiger charge is -2.36. The van der Waals surface area contributed by atoms with E-state index < -0.39 is 17.6 Å². The van der Waals surface area contributed by atoms with Crippen molar-refractivity contribution >= 4 is 29.3 Å². The molecule has 0 aliphatic carbocycles. The average Bonchev–Trinajstić information content (AvgIpc) is 2.85. The number of alkyl halides is 3. The van der Waals surface area contributed by atoms with Gasteiger partial charge in [-0.05, 0) is 36.8 Å². The van der Waals surface area contributed by atoms with E-state index in [1.807, 2.05) is 23.8 Å². The number of pyridine rings is 1. The zero-order valence-electron chi connectivity index (χ0n) is 19.2. The molecule has 0 N–H and O–H groups in total. The number of nitrogens with zero attached hydrogens (tertiary/aromatic N) is 7. The van der Waals surface area contributed by atoms with Crippen LogP contribution in [0.25, 0.3) is 11.4 Å². The first-order valence-electron chi connectivity index (χ1n) is 11.1. The number of benzene rings is 1. The molecule has 1 fully saturated rings. The molecule has 186 valence electrons. The summed E-state index contributed by atoms with van der Waals surface area (Å²) in [4.78, 5) is 23.1. The van der Waals surface area contributed by atoms with Gasteiger partial charge in [-0.25, -0.2) is 9.37 Å². The van der Waals surface area contributed by atoms with Gasteiger partial charge in [0.1, 0.15) is 11.6 Å². The summed E-state index contributed by atoms with van der Waals surface area (Å²) in [6, 6.07) is 6.57. The average molecular weight is 510 g/mol. The predicted octanol–water partition coefficient (Wildman–Crippen LogP) is 4.92. The molecule has 0 bridgehead atoms. The third-order valence-corrected chi connectivity index (χ3v) is 5.93. The Kier molecular flexibility index (Phi) is 7.25. The highest BCUT2D eigenvalue weighted by Gasteiger charge is 2.36. The molecule has 0 atom stereocenters. The van der Waals surface area contributed by atoms with Crippen molar-refractivity contribution in [3.63, 3.8) is 0 Å². The standard InChI is InChI=1S/C23H24ClF4N7/c1-3-9-33(2)21-30-19(15-6-7-18(25)17(24)14-15)31-22(32-21)35-12-10-34(11-13-35)20-16(23(26,27)28)5-4-8-29-20/h4-8,14H,3,9-13H2,1-2H3. The van der Waals surface area contributed by atoms with Gasteiger partial charge < -0.3 is 14.7 Å². The van der Waals surface area contributed by atoms with Crippen LogP contribution < -0.4 is 14.7 Å². The van der Waals surface area contributed by atoms with Gasteiger partial charge in [0.25, 0.3) is 0 Å². The second kappa shape index (κ2) is 10.2. The van der Waals surface area contributed by atoms with Crippen LogP contribution in [0.15, 0.2) is 36.5 Å². The Hall–Kier alpha value is -3.21. The van der Waals surface area contributed by atoms with Crippen LogP contribution in [0.3, 0.4) is 0 Å². The monoisotopic (exact) mass is 509 g/mol. The summed E-state index contributed by atoms with van der Waals surface area (Å²) in [5, 5.41) is -0.0441. The van der Waals surface area contributed by atoms with Crippen LogP contribution in [-0.4, -0.2) is 59.7 Å². The summed E-state index contributed by atoms with van der Waals surface area (Å²) in [6.45, 7) is 4.14. The summed E-state index contributed by atoms with van der Waals surface area (Å²) < 4.78 is 54.0. The van der Waals surface area contributed by atoms with Crippen molar-refractivity contribution in [1.82, 2.24) is 19.9 Å². The Labute approximate surface area is 205 Å². The van der Waals surface area contributed by atoms with Gasteiger partial charge in [-0.1, -0.05) is 18.5 Å². The Bertz CT molecular complexity index is 1180. The van der Waals surface area contributed by atoms with E-state index in [-0.39, 0.29) is 10.8 Å². The second-order valence-electron chi connectivity index (χ2n) is 8.16. The minimum absolute atomic E-state index is 0.0441. The molecule has 1 aromatic carbocycles. The molecule has 0 saturated carbocycles. The number of halogens is 5. The summed E-state index contributed by atoms with van der Waals surface area (Å²) >= 11 is 5.96. The quantitative estimate of drug-likeness (QED) is 0.437. The highest BCUT2D eigenvalue weighted by atomic mass is 35.5. The summed E-state index contributed by atoms with van der Waals surface area (Å²) in [7, 11) is 1.86. The lowest BCUT2D eigenvalue weighted by molar-refractivity contribution is -0.137. The molecule has 2 aromatic heterocycles. The minimum Gasteiger partial charge on any atom is -0.353 e. The van der Waals surface area contributed by atoms with Crippen LogP contribution in [0.1, 0.15) is 18.9 Å². The molecule has 7 nitrogen and oxygen atoms in total. The molecular formula is C23H24ClF4N7. The highest BCUT2D eigenvalue weighted by Crippen LogP contribution is 2.35. The van der Waals surface area contributed by atoms with Crippen molar-refractivity contribution in [2.45, 2.75) is 19.5 Å². The van der Waals surface area contributed by atoms with Gasteiger partial charge in [-0.3, -0.25) is 0 Å². The van der Waals surface area contributed by atoms with Gasteiger partial charge in [0.15, 0.2) is 5.82 Å². The maximum atomic E-state index is 13.7. The van der Waals surface area contributed by atoms with Gasteiger partial charge in [0.2, 0.25) is 11.9 Å². The number of hydrogen-bond acceptors (Lipinski definition) is 7. The number of anilines is 3. The summed E-state index contributed by atoms with van der Waals surface area (Å²) in [5.41, 5.74) is -0.222. The van der Waals surface area contributed by atoms with Crippen molar-refractivity contribution in [3.05, 3.63) is 52.9 Å². The first-order valence-corrected chi connectivity index (χ1v) is 11.5. The number of hydrogen-bond donors (Lipinski definition) is 0. The highest BCUT2D eigenvalue weighted by molar-refractivity contribution is 6.31. The Morgan fingerprint density at radius 1 is 1.03 bits per heavy atom. The lowest BCUT2D eigenvalue weighted by atomic mass is 10.2. The zero-order chi connectivity index (χ0) is 25.2. The molecule has 4 rings (SSSR count). The molecule has 0 unspecified atom stereocenters. The van der Waals surface area contributed by atoms with Crippen LogP contribution in [-0.2, 0) is 6.18 Å². The van der Waals surface area contributed by atoms with E-state index in [1.165, 1.54) is 24.4 Å². The molecule has 1 saturated heterocycles. The van der Waals surface area contributed by atoms with Crippen molar-refractivity contribution in [1.29, 1.82) is 0 Å². The largest absolute Gasteiger partial charge is 0.419 e. The number of aromatic nitrogens is 4. The van der Waals surface area contributed by atoms with Crippen LogP contribution in [0.4, 0.5) is 35.3 Å². The Morgan fingerprint density at radius 2 is 1.74 bits per heavy atom. The minimum atomic E-state index is -4.49. The molecule has 12 heteroatoms. The number of rotatable bonds is 6. The van der Waals surface area contributed by atoms with Crippen molar-refractivity contribution in [3.8, 4) is 11.4 Å². The normalized spacial score (nSPS) is 14.4. The third-order valence-electron chi connectivity index (χ3n) is 5.64. The molecule has 0 amide bonds. The van der Waals surface area contributed by atoms with Gasteiger partial charge in [-0.2, -0.15) is 28.1 Å². The SMILES string of the molecule is CCCN(C)c1nc(-c2ccc(F)c(Cl)c2)nc(N2CCN(c3ncccc3C(F)(F)F)CC2)n1. The fourth-order valence-electron chi connectivity index (χ4n) is 3.85. The smallest absolute Gasteiger partial charge is 0.353 e. The molecule has 1 aliphatic rings. The molecule has 0 spiro atoms. The zero-order valence-corrected chi connectivity index (χ0v) is 20.0. The van der Waals surface area contributed by atoms with Gasteiger partial charge in [-0.15, -0.1) is 0 Å². The molecule has 1 aliphatic heterocycles. The van der Waals surface area contributed by atoms with E-state index in [1.54, 1.807) is 11.0 Å². The first kappa shape index (κ1) is 24.9. The van der Waals surface area contributed by atoms with E-state index in [4.69, 9.17) is 11.6 Å². The van der Waals surface area contributed by atoms with Crippen LogP contribution in [0, 0.1) is 5.82 Å². The van der Waals surface area contributed by atoms with Crippen LogP contribution >= 0.6 is 11.6 Å². The molecule has 0 radical (unpaired) electrons. The first-order chi connectivity index (χ1) is 16.7. The van der Waals surface area contributed by atoms with Crippen molar-refractivity contribution in [2.24, 2.45) is 0 Å². The second-order valence-corrected chi connectivity index (χ2v) is 8.56. The molecular weight excluding hydrogens is 486 g/mol. The Morgan fingerprint density at radius 3 is 2.40 bits per heavy atom. The van der Waals surface area contributed by atoms with Crippen LogP contribution in [0.2, 0.25) is 5.02 Å². The van der Waals surface area contributed by atoms with Crippen molar-refractivity contribution < 1.29 is 17.6 Å². The fourth-order valence-corrected chi connectivity index (χ4v) is 4.03. The van der Waals surface area contributed by atoms with E-state index in [0.29, 0.717) is 56.0 Å². The topological polar surface area (TPSA) is 61.3 Å². The lowest BCUT2D eigenvalue weighted by Crippen LogP contribution is -2.48. The fraction of sp³-hybridized carbons (Fsp3) is 0.391. The van der Waals surface area contributed by atoms with E-state index in [0.717, 1.165) is 12.5 Å². The molecule has 35 heavy (non-hydrogen) atoms. The van der Waals surface area contributed by atoms with E-state index in [9.17, 15) is 17.6 Å². The van der Waals surface area contributed by atoms with Gasteiger partial charge in [0, 0.05) is 51.5 Å². The Balaban J connectivity index is 1.62.